The van der Waals surface area contributed by atoms with E-state index in [9.17, 15) is 9.18 Å². The number of hydrogen-bond donors (Lipinski definition) is 2. The smallest absolute Gasteiger partial charge is 0.268 e. The summed E-state index contributed by atoms with van der Waals surface area (Å²) in [6.45, 7) is 0. The Morgan fingerprint density at radius 3 is 2.77 bits per heavy atom. The topological polar surface area (TPSA) is 64.3 Å². The van der Waals surface area contributed by atoms with Gasteiger partial charge >= 0.3 is 0 Å². The van der Waals surface area contributed by atoms with E-state index in [1.165, 1.54) is 19.2 Å². The lowest BCUT2D eigenvalue weighted by Crippen LogP contribution is -2.30. The van der Waals surface area contributed by atoms with Crippen molar-refractivity contribution in [2.45, 2.75) is 0 Å². The predicted molar refractivity (Wildman–Crippen MR) is 44.6 cm³/mol. The number of nitrogens with one attached hydrogen (secondary N) is 1. The molecule has 0 radical (unpaired) electrons. The van der Waals surface area contributed by atoms with Crippen LogP contribution in [-0.4, -0.2) is 13.0 Å². The van der Waals surface area contributed by atoms with Gasteiger partial charge in [-0.05, 0) is 12.1 Å². The fourth-order valence-corrected chi connectivity index (χ4v) is 0.885. The molecule has 1 rings (SSSR count). The first-order valence-electron chi connectivity index (χ1n) is 3.53. The molecule has 0 saturated carbocycles. The van der Waals surface area contributed by atoms with E-state index in [0.29, 0.717) is 5.75 Å². The van der Waals surface area contributed by atoms with Crippen LogP contribution in [-0.2, 0) is 0 Å². The van der Waals surface area contributed by atoms with E-state index in [2.05, 4.69) is 0 Å². The summed E-state index contributed by atoms with van der Waals surface area (Å²) in [6, 6.07) is 3.90. The van der Waals surface area contributed by atoms with Crippen LogP contribution in [0.1, 0.15) is 10.4 Å². The molecule has 0 saturated heterocycles. The molecule has 1 amide bonds. The Labute approximate surface area is 74.5 Å². The third kappa shape index (κ3) is 1.94. The first-order chi connectivity index (χ1) is 6.19. The molecule has 0 fully saturated rings. The van der Waals surface area contributed by atoms with E-state index in [1.807, 2.05) is 5.43 Å². The average Bonchev–Trinajstić information content (AvgIpc) is 2.16. The van der Waals surface area contributed by atoms with Gasteiger partial charge in [-0.3, -0.25) is 10.2 Å². The van der Waals surface area contributed by atoms with Crippen molar-refractivity contribution in [2.75, 3.05) is 7.11 Å². The maximum atomic E-state index is 13.1. The molecule has 0 spiro atoms. The molecule has 1 aromatic rings. The molecule has 13 heavy (non-hydrogen) atoms. The molecule has 3 N–H and O–H groups in total. The zero-order chi connectivity index (χ0) is 9.84. The maximum absolute atomic E-state index is 13.1. The summed E-state index contributed by atoms with van der Waals surface area (Å²) in [4.78, 5) is 10.9. The minimum absolute atomic E-state index is 0.108. The van der Waals surface area contributed by atoms with Crippen LogP contribution in [0.2, 0.25) is 0 Å². The molecule has 0 unspecified atom stereocenters. The lowest BCUT2D eigenvalue weighted by Gasteiger charge is -2.03. The first kappa shape index (κ1) is 9.47. The van der Waals surface area contributed by atoms with Gasteiger partial charge in [0.1, 0.15) is 11.6 Å². The number of carbonyl (C=O) groups is 1. The Kier molecular flexibility index (Phi) is 2.81. The highest BCUT2D eigenvalue weighted by Crippen LogP contribution is 2.15. The van der Waals surface area contributed by atoms with Gasteiger partial charge in [0, 0.05) is 6.07 Å². The van der Waals surface area contributed by atoms with E-state index in [1.54, 1.807) is 0 Å². The van der Waals surface area contributed by atoms with Gasteiger partial charge in [0.15, 0.2) is 0 Å². The van der Waals surface area contributed by atoms with Crippen LogP contribution in [0.25, 0.3) is 0 Å². The molecular weight excluding hydrogens is 175 g/mol. The van der Waals surface area contributed by atoms with Crippen LogP contribution >= 0.6 is 0 Å². The Hall–Kier alpha value is -1.62. The number of carbonyl (C=O) groups excluding carboxylic acids is 1. The van der Waals surface area contributed by atoms with E-state index in [4.69, 9.17) is 10.6 Å². The Bertz CT molecular complexity index is 328. The molecule has 0 heterocycles. The van der Waals surface area contributed by atoms with E-state index >= 15 is 0 Å². The standard InChI is InChI=1S/C8H9FN2O2/c1-13-5-2-3-6(7(9)4-5)8(12)11-10/h2-4H,10H2,1H3,(H,11,12). The van der Waals surface area contributed by atoms with E-state index < -0.39 is 11.7 Å². The predicted octanol–water partition coefficient (Wildman–Crippen LogP) is 0.438. The van der Waals surface area contributed by atoms with Gasteiger partial charge in [-0.2, -0.15) is 0 Å². The molecule has 0 aromatic heterocycles. The highest BCUT2D eigenvalue weighted by molar-refractivity contribution is 5.94. The van der Waals surface area contributed by atoms with Gasteiger partial charge in [0.25, 0.3) is 5.91 Å². The number of nitrogen functional groups attached to an aromatic ring is 1. The number of amides is 1. The van der Waals surface area contributed by atoms with Gasteiger partial charge in [-0.15, -0.1) is 0 Å². The SMILES string of the molecule is COc1ccc(C(=O)NN)c(F)c1. The minimum atomic E-state index is -0.667. The summed E-state index contributed by atoms with van der Waals surface area (Å²) >= 11 is 0. The number of ether oxygens (including phenoxy) is 1. The molecule has 0 aliphatic carbocycles. The van der Waals surface area contributed by atoms with Gasteiger partial charge in [0.05, 0.1) is 12.7 Å². The number of hydrazine groups is 1. The van der Waals surface area contributed by atoms with Gasteiger partial charge in [-0.25, -0.2) is 10.2 Å². The van der Waals surface area contributed by atoms with Crippen molar-refractivity contribution in [2.24, 2.45) is 5.84 Å². The molecule has 1 aromatic carbocycles. The second kappa shape index (κ2) is 3.86. The molecule has 0 aliphatic heterocycles. The Morgan fingerprint density at radius 2 is 2.31 bits per heavy atom. The molecule has 70 valence electrons. The summed E-state index contributed by atoms with van der Waals surface area (Å²) in [5.74, 6) is 3.87. The van der Waals surface area contributed by atoms with Gasteiger partial charge in [-0.1, -0.05) is 0 Å². The highest BCUT2D eigenvalue weighted by atomic mass is 19.1. The first-order valence-corrected chi connectivity index (χ1v) is 3.53. The molecule has 0 aliphatic rings. The monoisotopic (exact) mass is 184 g/mol. The molecule has 5 heteroatoms. The summed E-state index contributed by atoms with van der Waals surface area (Å²) in [5.41, 5.74) is 1.73. The van der Waals surface area contributed by atoms with E-state index in [0.717, 1.165) is 6.07 Å². The van der Waals surface area contributed by atoms with Crippen molar-refractivity contribution in [3.63, 3.8) is 0 Å². The molecular formula is C8H9FN2O2. The van der Waals surface area contributed by atoms with Crippen LogP contribution in [0.3, 0.4) is 0 Å². The fourth-order valence-electron chi connectivity index (χ4n) is 0.885. The van der Waals surface area contributed by atoms with Crippen LogP contribution in [0, 0.1) is 5.82 Å². The second-order valence-corrected chi connectivity index (χ2v) is 2.32. The number of benzene rings is 1. The summed E-state index contributed by atoms with van der Waals surface area (Å²) in [5, 5.41) is 0. The number of nitrogens with two attached hydrogens (primary N) is 1. The highest BCUT2D eigenvalue weighted by Gasteiger charge is 2.10. The third-order valence-corrected chi connectivity index (χ3v) is 1.55. The van der Waals surface area contributed by atoms with Gasteiger partial charge in [0.2, 0.25) is 0 Å². The normalized spacial score (nSPS) is 9.46. The Balaban J connectivity index is 3.05. The quantitative estimate of drug-likeness (QED) is 0.398. The molecule has 0 atom stereocenters. The van der Waals surface area contributed by atoms with Crippen LogP contribution in [0.5, 0.6) is 5.75 Å². The summed E-state index contributed by atoms with van der Waals surface area (Å²) in [6.07, 6.45) is 0. The Morgan fingerprint density at radius 1 is 1.62 bits per heavy atom. The zero-order valence-corrected chi connectivity index (χ0v) is 7.00. The van der Waals surface area contributed by atoms with Crippen LogP contribution in [0.15, 0.2) is 18.2 Å². The van der Waals surface area contributed by atoms with Crippen molar-refractivity contribution >= 4 is 5.91 Å². The van der Waals surface area contributed by atoms with Crippen LogP contribution in [0.4, 0.5) is 4.39 Å². The second-order valence-electron chi connectivity index (χ2n) is 2.32. The number of methoxy groups -OCH3 is 1. The average molecular weight is 184 g/mol. The number of rotatable bonds is 2. The molecule has 0 bridgehead atoms. The maximum Gasteiger partial charge on any atom is 0.268 e. The van der Waals surface area contributed by atoms with Crippen molar-refractivity contribution in [3.8, 4) is 5.75 Å². The minimum Gasteiger partial charge on any atom is -0.497 e. The largest absolute Gasteiger partial charge is 0.497 e. The third-order valence-electron chi connectivity index (χ3n) is 1.55. The van der Waals surface area contributed by atoms with Crippen molar-refractivity contribution in [1.82, 2.24) is 5.43 Å². The lowest BCUT2D eigenvalue weighted by atomic mass is 10.2. The number of hydrogen-bond acceptors (Lipinski definition) is 3. The van der Waals surface area contributed by atoms with Crippen LogP contribution < -0.4 is 16.0 Å². The van der Waals surface area contributed by atoms with Crippen molar-refractivity contribution < 1.29 is 13.9 Å². The van der Waals surface area contributed by atoms with Gasteiger partial charge < -0.3 is 4.74 Å². The molecule has 4 nitrogen and oxygen atoms in total. The zero-order valence-electron chi connectivity index (χ0n) is 7.00. The van der Waals surface area contributed by atoms with E-state index in [-0.39, 0.29) is 5.56 Å². The van der Waals surface area contributed by atoms with Crippen molar-refractivity contribution in [3.05, 3.63) is 29.6 Å². The summed E-state index contributed by atoms with van der Waals surface area (Å²) < 4.78 is 17.8. The van der Waals surface area contributed by atoms with Crippen molar-refractivity contribution in [1.29, 1.82) is 0 Å². The number of halogens is 1. The summed E-state index contributed by atoms with van der Waals surface area (Å²) in [7, 11) is 1.41. The fraction of sp³-hybridized carbons (Fsp3) is 0.125. The lowest BCUT2D eigenvalue weighted by molar-refractivity contribution is 0.0949.